The molecule has 1 atom stereocenters. The molecule has 0 saturated carbocycles. The number of hydrogen-bond donors (Lipinski definition) is 1. The second-order valence-corrected chi connectivity index (χ2v) is 6.88. The number of aromatic amines is 1. The molecule has 1 N–H and O–H groups in total. The Morgan fingerprint density at radius 1 is 1.35 bits per heavy atom. The van der Waals surface area contributed by atoms with E-state index < -0.39 is 9.84 Å². The summed E-state index contributed by atoms with van der Waals surface area (Å²) in [6.07, 6.45) is 6.84. The molecule has 3 rings (SSSR count). The largest absolute Gasteiger partial charge is 0.340 e. The number of nitrogens with zero attached hydrogens (tertiary/aromatic N) is 4. The molecule has 0 spiro atoms. The van der Waals surface area contributed by atoms with Crippen molar-refractivity contribution in [3.05, 3.63) is 30.4 Å². The fourth-order valence-electron chi connectivity index (χ4n) is 2.51. The fourth-order valence-corrected chi connectivity index (χ4v) is 3.36. The van der Waals surface area contributed by atoms with E-state index in [0.717, 1.165) is 13.0 Å². The Hall–Kier alpha value is -1.96. The Bertz CT molecular complexity index is 698. The van der Waals surface area contributed by atoms with Gasteiger partial charge in [-0.2, -0.15) is 5.10 Å². The van der Waals surface area contributed by atoms with Crippen molar-refractivity contribution in [2.24, 2.45) is 0 Å². The number of H-pyrrole nitrogens is 1. The highest BCUT2D eigenvalue weighted by atomic mass is 32.2. The smallest absolute Gasteiger partial charge is 0.225 e. The zero-order valence-electron chi connectivity index (χ0n) is 11.0. The maximum atomic E-state index is 11.7. The molecule has 1 fully saturated rings. The van der Waals surface area contributed by atoms with Crippen molar-refractivity contribution < 1.29 is 8.42 Å². The lowest BCUT2D eigenvalue weighted by molar-refractivity contribution is 0.598. The maximum Gasteiger partial charge on any atom is 0.225 e. The Morgan fingerprint density at radius 2 is 2.10 bits per heavy atom. The summed E-state index contributed by atoms with van der Waals surface area (Å²) in [4.78, 5) is 10.8. The molecule has 20 heavy (non-hydrogen) atoms. The summed E-state index contributed by atoms with van der Waals surface area (Å²) >= 11 is 0. The van der Waals surface area contributed by atoms with Crippen LogP contribution in [0.3, 0.4) is 0 Å². The van der Waals surface area contributed by atoms with Gasteiger partial charge in [0.15, 0.2) is 9.84 Å². The predicted octanol–water partition coefficient (Wildman–Crippen LogP) is 0.597. The Balaban J connectivity index is 1.83. The van der Waals surface area contributed by atoms with Gasteiger partial charge < -0.3 is 4.90 Å². The van der Waals surface area contributed by atoms with Crippen molar-refractivity contribution in [2.75, 3.05) is 24.2 Å². The number of anilines is 1. The van der Waals surface area contributed by atoms with Gasteiger partial charge in [-0.1, -0.05) is 0 Å². The van der Waals surface area contributed by atoms with E-state index in [-0.39, 0.29) is 5.92 Å². The molecule has 7 nitrogen and oxygen atoms in total. The van der Waals surface area contributed by atoms with Crippen molar-refractivity contribution in [3.8, 4) is 0 Å². The van der Waals surface area contributed by atoms with E-state index in [1.165, 1.54) is 12.5 Å². The first kappa shape index (κ1) is 13.0. The van der Waals surface area contributed by atoms with Crippen LogP contribution < -0.4 is 4.90 Å². The van der Waals surface area contributed by atoms with Crippen LogP contribution in [0.5, 0.6) is 0 Å². The molecule has 3 heterocycles. The Kier molecular flexibility index (Phi) is 3.17. The van der Waals surface area contributed by atoms with Crippen LogP contribution in [0.2, 0.25) is 0 Å². The summed E-state index contributed by atoms with van der Waals surface area (Å²) < 4.78 is 23.4. The molecule has 0 aromatic carbocycles. The predicted molar refractivity (Wildman–Crippen MR) is 73.3 cm³/mol. The highest BCUT2D eigenvalue weighted by Crippen LogP contribution is 2.31. The first-order valence-corrected chi connectivity index (χ1v) is 8.20. The molecule has 8 heteroatoms. The minimum absolute atomic E-state index is 0.103. The van der Waals surface area contributed by atoms with Crippen molar-refractivity contribution in [2.45, 2.75) is 17.2 Å². The first-order valence-electron chi connectivity index (χ1n) is 6.31. The molecule has 0 amide bonds. The van der Waals surface area contributed by atoms with Gasteiger partial charge >= 0.3 is 0 Å². The van der Waals surface area contributed by atoms with Gasteiger partial charge in [-0.15, -0.1) is 0 Å². The van der Waals surface area contributed by atoms with Gasteiger partial charge in [-0.25, -0.2) is 18.4 Å². The average Bonchev–Trinajstić information content (AvgIpc) is 3.08. The normalized spacial score (nSPS) is 19.4. The van der Waals surface area contributed by atoms with Crippen LogP contribution in [0.25, 0.3) is 0 Å². The summed E-state index contributed by atoms with van der Waals surface area (Å²) in [6, 6.07) is 1.77. The maximum absolute atomic E-state index is 11.7. The molecule has 1 saturated heterocycles. The van der Waals surface area contributed by atoms with E-state index in [4.69, 9.17) is 0 Å². The van der Waals surface area contributed by atoms with Crippen molar-refractivity contribution in [1.82, 2.24) is 20.2 Å². The minimum atomic E-state index is -3.25. The highest BCUT2D eigenvalue weighted by molar-refractivity contribution is 7.90. The van der Waals surface area contributed by atoms with Gasteiger partial charge in [0, 0.05) is 37.7 Å². The Morgan fingerprint density at radius 3 is 2.80 bits per heavy atom. The van der Waals surface area contributed by atoms with Crippen LogP contribution in [0.15, 0.2) is 29.6 Å². The molecule has 1 unspecified atom stereocenters. The van der Waals surface area contributed by atoms with Gasteiger partial charge in [-0.3, -0.25) is 5.10 Å². The van der Waals surface area contributed by atoms with Crippen molar-refractivity contribution in [3.63, 3.8) is 0 Å². The monoisotopic (exact) mass is 293 g/mol. The molecular weight excluding hydrogens is 278 g/mol. The van der Waals surface area contributed by atoms with Gasteiger partial charge in [0.2, 0.25) is 5.95 Å². The minimum Gasteiger partial charge on any atom is -0.340 e. The van der Waals surface area contributed by atoms with E-state index in [1.54, 1.807) is 18.5 Å². The molecule has 2 aromatic rings. The molecule has 0 aliphatic carbocycles. The zero-order chi connectivity index (χ0) is 14.2. The van der Waals surface area contributed by atoms with E-state index in [2.05, 4.69) is 25.1 Å². The van der Waals surface area contributed by atoms with Gasteiger partial charge in [0.25, 0.3) is 0 Å². The lowest BCUT2D eigenvalue weighted by atomic mass is 10.1. The van der Waals surface area contributed by atoms with Crippen LogP contribution >= 0.6 is 0 Å². The molecule has 2 aromatic heterocycles. The van der Waals surface area contributed by atoms with E-state index in [9.17, 15) is 8.42 Å². The topological polar surface area (TPSA) is 91.8 Å². The third kappa shape index (κ3) is 2.38. The van der Waals surface area contributed by atoms with Gasteiger partial charge in [0.05, 0.1) is 11.9 Å². The summed E-state index contributed by atoms with van der Waals surface area (Å²) in [5.74, 6) is 0.779. The molecule has 1 aliphatic rings. The second kappa shape index (κ2) is 4.86. The average molecular weight is 293 g/mol. The third-order valence-corrected chi connectivity index (χ3v) is 4.59. The molecule has 1 aliphatic heterocycles. The molecule has 106 valence electrons. The van der Waals surface area contributed by atoms with Crippen molar-refractivity contribution >= 4 is 15.8 Å². The first-order chi connectivity index (χ1) is 9.55. The molecule has 0 bridgehead atoms. The summed E-state index contributed by atoms with van der Waals surface area (Å²) in [6.45, 7) is 1.49. The van der Waals surface area contributed by atoms with Gasteiger partial charge in [-0.05, 0) is 12.5 Å². The van der Waals surface area contributed by atoms with E-state index >= 15 is 0 Å². The number of sulfone groups is 1. The van der Waals surface area contributed by atoms with Crippen LogP contribution in [-0.4, -0.2) is 47.9 Å². The number of aromatic nitrogens is 4. The Labute approximate surface area is 117 Å². The fraction of sp³-hybridized carbons (Fsp3) is 0.417. The number of nitrogens with one attached hydrogen (secondary N) is 1. The summed E-state index contributed by atoms with van der Waals surface area (Å²) in [5, 5.41) is 6.71. The number of rotatable bonds is 3. The van der Waals surface area contributed by atoms with Crippen LogP contribution in [0.4, 0.5) is 5.95 Å². The molecular formula is C12H15N5O2S. The lowest BCUT2D eigenvalue weighted by Crippen LogP contribution is -2.21. The van der Waals surface area contributed by atoms with Crippen molar-refractivity contribution in [1.29, 1.82) is 0 Å². The second-order valence-electron chi connectivity index (χ2n) is 4.90. The highest BCUT2D eigenvalue weighted by Gasteiger charge is 2.30. The van der Waals surface area contributed by atoms with Crippen LogP contribution in [0, 0.1) is 0 Å². The third-order valence-electron chi connectivity index (χ3n) is 3.46. The summed E-state index contributed by atoms with van der Waals surface area (Å²) in [7, 11) is -3.25. The van der Waals surface area contributed by atoms with Crippen LogP contribution in [-0.2, 0) is 9.84 Å². The quantitative estimate of drug-likeness (QED) is 0.891. The van der Waals surface area contributed by atoms with Gasteiger partial charge in [0.1, 0.15) is 4.90 Å². The van der Waals surface area contributed by atoms with E-state index in [0.29, 0.717) is 23.1 Å². The molecule has 0 radical (unpaired) electrons. The summed E-state index contributed by atoms with van der Waals surface area (Å²) in [5.41, 5.74) is 0.686. The van der Waals surface area contributed by atoms with Crippen LogP contribution in [0.1, 0.15) is 18.0 Å². The number of hydrogen-bond acceptors (Lipinski definition) is 6. The van der Waals surface area contributed by atoms with E-state index in [1.807, 2.05) is 0 Å². The zero-order valence-corrected chi connectivity index (χ0v) is 11.8. The standard InChI is InChI=1S/C12H15N5O2S/c1-20(18,19)10-7-15-16-11(10)9-3-6-17(8-9)12-13-4-2-5-14-12/h2,4-5,7,9H,3,6,8H2,1H3,(H,15,16). The SMILES string of the molecule is CS(=O)(=O)c1cn[nH]c1C1CCN(c2ncccn2)C1. The lowest BCUT2D eigenvalue weighted by Gasteiger charge is -2.15.